The van der Waals surface area contributed by atoms with Gasteiger partial charge in [-0.05, 0) is 18.1 Å². The minimum Gasteiger partial charge on any atom is -0.493 e. The van der Waals surface area contributed by atoms with Crippen molar-refractivity contribution in [2.45, 2.75) is 25.7 Å². The van der Waals surface area contributed by atoms with Gasteiger partial charge in [0.05, 0.1) is 25.2 Å². The summed E-state index contributed by atoms with van der Waals surface area (Å²) in [6.07, 6.45) is 1.09. The summed E-state index contributed by atoms with van der Waals surface area (Å²) in [5.41, 5.74) is 1.34. The number of ether oxygens (including phenoxy) is 2. The van der Waals surface area contributed by atoms with Gasteiger partial charge in [-0.2, -0.15) is 0 Å². The Kier molecular flexibility index (Phi) is 6.92. The molecule has 2 heterocycles. The van der Waals surface area contributed by atoms with Crippen molar-refractivity contribution >= 4 is 39.7 Å². The van der Waals surface area contributed by atoms with Crippen molar-refractivity contribution in [3.63, 3.8) is 0 Å². The second kappa shape index (κ2) is 10.1. The van der Waals surface area contributed by atoms with Crippen LogP contribution in [0.5, 0.6) is 11.5 Å². The molecule has 1 fully saturated rings. The maximum absolute atomic E-state index is 12.9. The van der Waals surface area contributed by atoms with Crippen LogP contribution < -0.4 is 19.7 Å². The van der Waals surface area contributed by atoms with Gasteiger partial charge >= 0.3 is 0 Å². The number of hydrogen-bond donors (Lipinski definition) is 1. The second-order valence-corrected chi connectivity index (χ2v) is 8.78. The fourth-order valence-corrected chi connectivity index (χ4v) is 4.82. The molecule has 0 spiro atoms. The molecule has 0 aliphatic carbocycles. The van der Waals surface area contributed by atoms with Crippen LogP contribution in [-0.2, 0) is 11.2 Å². The average molecular weight is 498 g/mol. The van der Waals surface area contributed by atoms with Crippen LogP contribution in [0.4, 0.5) is 16.5 Å². The maximum Gasteiger partial charge on any atom is 0.286 e. The minimum atomic E-state index is -0.735. The Morgan fingerprint density at radius 1 is 1.23 bits per heavy atom. The van der Waals surface area contributed by atoms with Gasteiger partial charge in [0.2, 0.25) is 11.0 Å². The van der Waals surface area contributed by atoms with E-state index >= 15 is 0 Å². The van der Waals surface area contributed by atoms with Crippen LogP contribution in [0.2, 0.25) is 0 Å². The molecule has 1 saturated heterocycles. The minimum absolute atomic E-state index is 0.00219. The number of hydrogen-bond acceptors (Lipinski definition) is 9. The van der Waals surface area contributed by atoms with Gasteiger partial charge in [-0.15, -0.1) is 10.2 Å². The van der Waals surface area contributed by atoms with Crippen LogP contribution in [0, 0.1) is 10.1 Å². The highest BCUT2D eigenvalue weighted by Gasteiger charge is 2.35. The van der Waals surface area contributed by atoms with Gasteiger partial charge in [0.1, 0.15) is 10.6 Å². The zero-order valence-electron chi connectivity index (χ0n) is 19.3. The van der Waals surface area contributed by atoms with Crippen LogP contribution in [0.25, 0.3) is 0 Å². The molecule has 1 N–H and O–H groups in total. The Morgan fingerprint density at radius 3 is 2.63 bits per heavy atom. The molecule has 4 rings (SSSR count). The summed E-state index contributed by atoms with van der Waals surface area (Å²) < 4.78 is 10.3. The number of nitro benzene ring substituents is 1. The first-order valence-corrected chi connectivity index (χ1v) is 11.6. The van der Waals surface area contributed by atoms with Crippen molar-refractivity contribution in [2.75, 3.05) is 31.0 Å². The van der Waals surface area contributed by atoms with Crippen molar-refractivity contribution in [1.82, 2.24) is 10.2 Å². The number of aromatic nitrogens is 2. The van der Waals surface area contributed by atoms with E-state index in [0.717, 1.165) is 35.1 Å². The van der Waals surface area contributed by atoms with E-state index in [1.165, 1.54) is 20.3 Å². The lowest BCUT2D eigenvalue weighted by molar-refractivity contribution is -0.385. The molecule has 1 aliphatic heterocycles. The average Bonchev–Trinajstić information content (AvgIpc) is 3.49. The van der Waals surface area contributed by atoms with Gasteiger partial charge in [0, 0.05) is 30.6 Å². The third-order valence-corrected chi connectivity index (χ3v) is 6.74. The number of para-hydroxylation sites is 1. The summed E-state index contributed by atoms with van der Waals surface area (Å²) in [4.78, 5) is 38.2. The lowest BCUT2D eigenvalue weighted by Gasteiger charge is -2.19. The van der Waals surface area contributed by atoms with Crippen LogP contribution >= 0.6 is 11.3 Å². The number of nitrogens with zero attached hydrogens (tertiary/aromatic N) is 4. The largest absolute Gasteiger partial charge is 0.493 e. The molecule has 11 nitrogen and oxygen atoms in total. The number of carbonyl (C=O) groups is 2. The smallest absolute Gasteiger partial charge is 0.286 e. The molecule has 1 aromatic heterocycles. The summed E-state index contributed by atoms with van der Waals surface area (Å²) in [7, 11) is 2.72. The highest BCUT2D eigenvalue weighted by atomic mass is 32.1. The highest BCUT2D eigenvalue weighted by molar-refractivity contribution is 7.15. The zero-order chi connectivity index (χ0) is 25.1. The first-order chi connectivity index (χ1) is 16.9. The molecule has 3 aromatic rings. The van der Waals surface area contributed by atoms with Gasteiger partial charge in [0.15, 0.2) is 11.5 Å². The van der Waals surface area contributed by atoms with E-state index in [1.54, 1.807) is 4.90 Å². The second-order valence-electron chi connectivity index (χ2n) is 7.77. The Balaban J connectivity index is 1.53. The molecule has 2 aromatic carbocycles. The predicted octanol–water partition coefficient (Wildman–Crippen LogP) is 3.80. The number of nitrogens with one attached hydrogen (secondary N) is 1. The molecule has 12 heteroatoms. The molecule has 1 unspecified atom stereocenters. The Bertz CT molecular complexity index is 1290. The van der Waals surface area contributed by atoms with E-state index in [2.05, 4.69) is 15.5 Å². The number of benzene rings is 2. The summed E-state index contributed by atoms with van der Waals surface area (Å²) in [6.45, 7) is 2.50. The number of carbonyl (C=O) groups excluding carboxylic acids is 2. The lowest BCUT2D eigenvalue weighted by Crippen LogP contribution is -2.25. The normalized spacial score (nSPS) is 15.2. The van der Waals surface area contributed by atoms with Gasteiger partial charge in [-0.25, -0.2) is 0 Å². The van der Waals surface area contributed by atoms with E-state index in [0.29, 0.717) is 11.6 Å². The SMILES string of the molecule is CCc1ccccc1N1CC(c2nnc(NC(=O)c3cc(OC)c(OC)cc3[N+](=O)[O-])s2)CC1=O. The standard InChI is InChI=1S/C23H23N5O6S/c1-4-13-7-5-6-8-16(13)27-12-14(9-20(27)29)22-25-26-23(35-22)24-21(30)15-10-18(33-2)19(34-3)11-17(15)28(31)32/h5-8,10-11,14H,4,9,12H2,1-3H3,(H,24,26,30). The number of nitro groups is 1. The molecule has 0 radical (unpaired) electrons. The van der Waals surface area contributed by atoms with Gasteiger partial charge < -0.3 is 14.4 Å². The highest BCUT2D eigenvalue weighted by Crippen LogP contribution is 2.37. The van der Waals surface area contributed by atoms with Gasteiger partial charge in [-0.3, -0.25) is 25.0 Å². The van der Waals surface area contributed by atoms with E-state index in [4.69, 9.17) is 9.47 Å². The van der Waals surface area contributed by atoms with Crippen LogP contribution in [0.1, 0.15) is 40.2 Å². The first-order valence-electron chi connectivity index (χ1n) is 10.8. The van der Waals surface area contributed by atoms with Crippen LogP contribution in [0.3, 0.4) is 0 Å². The van der Waals surface area contributed by atoms with Crippen molar-refractivity contribution in [2.24, 2.45) is 0 Å². The van der Waals surface area contributed by atoms with Crippen molar-refractivity contribution < 1.29 is 24.0 Å². The number of amides is 2. The van der Waals surface area contributed by atoms with E-state index < -0.39 is 16.5 Å². The molecular formula is C23H23N5O6S. The first kappa shape index (κ1) is 24.1. The van der Waals surface area contributed by atoms with E-state index in [-0.39, 0.29) is 40.4 Å². The van der Waals surface area contributed by atoms with E-state index in [1.807, 2.05) is 31.2 Å². The Morgan fingerprint density at radius 2 is 1.94 bits per heavy atom. The molecule has 1 aliphatic rings. The van der Waals surface area contributed by atoms with E-state index in [9.17, 15) is 19.7 Å². The fourth-order valence-electron chi connectivity index (χ4n) is 3.99. The quantitative estimate of drug-likeness (QED) is 0.366. The summed E-state index contributed by atoms with van der Waals surface area (Å²) in [5.74, 6) is -0.600. The summed E-state index contributed by atoms with van der Waals surface area (Å²) >= 11 is 1.14. The summed E-state index contributed by atoms with van der Waals surface area (Å²) in [5, 5.41) is 23.0. The molecular weight excluding hydrogens is 474 g/mol. The molecule has 0 saturated carbocycles. The summed E-state index contributed by atoms with van der Waals surface area (Å²) in [6, 6.07) is 10.2. The third kappa shape index (κ3) is 4.78. The van der Waals surface area contributed by atoms with Gasteiger partial charge in [0.25, 0.3) is 11.6 Å². The molecule has 182 valence electrons. The number of rotatable bonds is 8. The molecule has 35 heavy (non-hydrogen) atoms. The van der Waals surface area contributed by atoms with Crippen LogP contribution in [-0.4, -0.2) is 47.7 Å². The molecule has 2 amide bonds. The van der Waals surface area contributed by atoms with Crippen molar-refractivity contribution in [3.8, 4) is 11.5 Å². The van der Waals surface area contributed by atoms with Gasteiger partial charge in [-0.1, -0.05) is 36.5 Å². The fraction of sp³-hybridized carbons (Fsp3) is 0.304. The lowest BCUT2D eigenvalue weighted by atomic mass is 10.1. The predicted molar refractivity (Wildman–Crippen MR) is 130 cm³/mol. The monoisotopic (exact) mass is 497 g/mol. The van der Waals surface area contributed by atoms with Crippen LogP contribution in [0.15, 0.2) is 36.4 Å². The van der Waals surface area contributed by atoms with Crippen molar-refractivity contribution in [3.05, 3.63) is 62.6 Å². The number of methoxy groups -OCH3 is 2. The number of aryl methyl sites for hydroxylation is 1. The number of anilines is 2. The maximum atomic E-state index is 12.9. The third-order valence-electron chi connectivity index (χ3n) is 5.74. The zero-order valence-corrected chi connectivity index (χ0v) is 20.1. The molecule has 1 atom stereocenters. The van der Waals surface area contributed by atoms with Crippen molar-refractivity contribution in [1.29, 1.82) is 0 Å². The Labute approximate surface area is 204 Å². The Hall–Kier alpha value is -4.06. The topological polar surface area (TPSA) is 137 Å². The molecule has 0 bridgehead atoms.